The van der Waals surface area contributed by atoms with E-state index in [0.29, 0.717) is 5.69 Å². The largest absolute Gasteiger partial charge is 0.463 e. The SMILES string of the molecule is C=C(C(=O)OCC)C1C(C(=O)OCC)=NNc2ccccc21. The maximum Gasteiger partial charge on any atom is 0.355 e. The Bertz CT molecular complexity index is 637. The van der Waals surface area contributed by atoms with E-state index in [1.165, 1.54) is 0 Å². The summed E-state index contributed by atoms with van der Waals surface area (Å²) < 4.78 is 10.0. The molecule has 1 aliphatic rings. The van der Waals surface area contributed by atoms with Gasteiger partial charge in [0.05, 0.1) is 24.8 Å². The highest BCUT2D eigenvalue weighted by Gasteiger charge is 2.35. The van der Waals surface area contributed by atoms with Gasteiger partial charge >= 0.3 is 11.9 Å². The zero-order chi connectivity index (χ0) is 16.1. The fraction of sp³-hybridized carbons (Fsp3) is 0.312. The number of benzene rings is 1. The average molecular weight is 302 g/mol. The summed E-state index contributed by atoms with van der Waals surface area (Å²) in [5.41, 5.74) is 4.50. The lowest BCUT2D eigenvalue weighted by Gasteiger charge is -2.26. The van der Waals surface area contributed by atoms with Gasteiger partial charge in [0.1, 0.15) is 0 Å². The van der Waals surface area contributed by atoms with E-state index in [1.807, 2.05) is 24.3 Å². The number of esters is 2. The molecule has 22 heavy (non-hydrogen) atoms. The van der Waals surface area contributed by atoms with Crippen LogP contribution in [0, 0.1) is 0 Å². The molecule has 2 rings (SSSR count). The number of carbonyl (C=O) groups is 2. The van der Waals surface area contributed by atoms with E-state index in [1.54, 1.807) is 13.8 Å². The van der Waals surface area contributed by atoms with Crippen molar-refractivity contribution in [3.8, 4) is 0 Å². The Labute approximate surface area is 128 Å². The number of nitrogens with zero attached hydrogens (tertiary/aromatic N) is 1. The summed E-state index contributed by atoms with van der Waals surface area (Å²) in [4.78, 5) is 24.1. The Kier molecular flexibility index (Phi) is 4.93. The number of hydrogen-bond acceptors (Lipinski definition) is 6. The standard InChI is InChI=1S/C16H18N2O4/c1-4-21-15(19)10(3)13-11-8-6-7-9-12(11)17-18-14(13)16(20)22-5-2/h6-9,13,17H,3-5H2,1-2H3. The Morgan fingerprint density at radius 1 is 1.23 bits per heavy atom. The summed E-state index contributed by atoms with van der Waals surface area (Å²) in [6, 6.07) is 7.28. The van der Waals surface area contributed by atoms with Crippen molar-refractivity contribution >= 4 is 23.3 Å². The van der Waals surface area contributed by atoms with Gasteiger partial charge in [-0.2, -0.15) is 5.10 Å². The maximum atomic E-state index is 12.1. The number of ether oxygens (including phenoxy) is 2. The van der Waals surface area contributed by atoms with Crippen molar-refractivity contribution in [3.05, 3.63) is 42.0 Å². The molecular formula is C16H18N2O4. The first kappa shape index (κ1) is 15.8. The summed E-state index contributed by atoms with van der Waals surface area (Å²) in [7, 11) is 0. The summed E-state index contributed by atoms with van der Waals surface area (Å²) in [5, 5.41) is 4.06. The fourth-order valence-electron chi connectivity index (χ4n) is 2.25. The number of para-hydroxylation sites is 1. The zero-order valence-electron chi connectivity index (χ0n) is 12.6. The van der Waals surface area contributed by atoms with Gasteiger partial charge in [-0.3, -0.25) is 5.43 Å². The quantitative estimate of drug-likeness (QED) is 0.666. The molecule has 6 nitrogen and oxygen atoms in total. The minimum atomic E-state index is -0.685. The van der Waals surface area contributed by atoms with Crippen molar-refractivity contribution in [1.82, 2.24) is 0 Å². The molecule has 0 aliphatic carbocycles. The molecule has 0 spiro atoms. The molecule has 1 N–H and O–H groups in total. The molecular weight excluding hydrogens is 284 g/mol. The van der Waals surface area contributed by atoms with Crippen LogP contribution in [0.4, 0.5) is 5.69 Å². The first-order valence-corrected chi connectivity index (χ1v) is 7.05. The van der Waals surface area contributed by atoms with Crippen LogP contribution < -0.4 is 5.43 Å². The van der Waals surface area contributed by atoms with Crippen LogP contribution >= 0.6 is 0 Å². The summed E-state index contributed by atoms with van der Waals surface area (Å²) in [6.45, 7) is 7.67. The first-order chi connectivity index (χ1) is 10.6. The number of anilines is 1. The molecule has 1 aliphatic heterocycles. The number of hydrogen-bond donors (Lipinski definition) is 1. The fourth-order valence-corrected chi connectivity index (χ4v) is 2.25. The molecule has 0 bridgehead atoms. The molecule has 1 atom stereocenters. The van der Waals surface area contributed by atoms with Crippen LogP contribution in [0.1, 0.15) is 25.3 Å². The van der Waals surface area contributed by atoms with E-state index in [9.17, 15) is 9.59 Å². The molecule has 116 valence electrons. The minimum absolute atomic E-state index is 0.0959. The first-order valence-electron chi connectivity index (χ1n) is 7.05. The second-order valence-electron chi connectivity index (χ2n) is 4.60. The van der Waals surface area contributed by atoms with Crippen LogP contribution in [0.5, 0.6) is 0 Å². The third-order valence-corrected chi connectivity index (χ3v) is 3.21. The Hall–Kier alpha value is -2.63. The van der Waals surface area contributed by atoms with Gasteiger partial charge in [-0.15, -0.1) is 0 Å². The summed E-state index contributed by atoms with van der Waals surface area (Å²) in [5.74, 6) is -1.82. The smallest absolute Gasteiger partial charge is 0.355 e. The molecule has 0 amide bonds. The van der Waals surface area contributed by atoms with Crippen LogP contribution in [0.3, 0.4) is 0 Å². The van der Waals surface area contributed by atoms with Crippen molar-refractivity contribution < 1.29 is 19.1 Å². The monoisotopic (exact) mass is 302 g/mol. The lowest BCUT2D eigenvalue weighted by Crippen LogP contribution is -2.32. The van der Waals surface area contributed by atoms with Crippen LogP contribution in [-0.2, 0) is 19.1 Å². The van der Waals surface area contributed by atoms with Gasteiger partial charge in [0.2, 0.25) is 0 Å². The topological polar surface area (TPSA) is 77.0 Å². The van der Waals surface area contributed by atoms with Crippen LogP contribution in [0.2, 0.25) is 0 Å². The van der Waals surface area contributed by atoms with E-state index in [4.69, 9.17) is 9.47 Å². The van der Waals surface area contributed by atoms with Crippen LogP contribution in [-0.4, -0.2) is 30.9 Å². The summed E-state index contributed by atoms with van der Waals surface area (Å²) >= 11 is 0. The lowest BCUT2D eigenvalue weighted by molar-refractivity contribution is -0.138. The van der Waals surface area contributed by atoms with E-state index in [2.05, 4.69) is 17.1 Å². The molecule has 1 unspecified atom stereocenters. The summed E-state index contributed by atoms with van der Waals surface area (Å²) in [6.07, 6.45) is 0. The molecule has 6 heteroatoms. The van der Waals surface area contributed by atoms with Gasteiger partial charge < -0.3 is 9.47 Å². The number of nitrogens with one attached hydrogen (secondary N) is 1. The molecule has 0 saturated heterocycles. The highest BCUT2D eigenvalue weighted by Crippen LogP contribution is 2.35. The number of rotatable bonds is 5. The Morgan fingerprint density at radius 2 is 1.91 bits per heavy atom. The third kappa shape index (κ3) is 3.00. The molecule has 0 fully saturated rings. The van der Waals surface area contributed by atoms with Gasteiger partial charge in [0, 0.05) is 5.57 Å². The number of fused-ring (bicyclic) bond motifs is 1. The highest BCUT2D eigenvalue weighted by atomic mass is 16.5. The van der Waals surface area contributed by atoms with Gasteiger partial charge in [0.25, 0.3) is 0 Å². The second-order valence-corrected chi connectivity index (χ2v) is 4.60. The van der Waals surface area contributed by atoms with E-state index in [-0.39, 0.29) is 24.5 Å². The molecule has 0 aromatic heterocycles. The molecule has 1 aromatic carbocycles. The van der Waals surface area contributed by atoms with Gasteiger partial charge in [0.15, 0.2) is 5.71 Å². The highest BCUT2D eigenvalue weighted by molar-refractivity contribution is 6.41. The predicted molar refractivity (Wildman–Crippen MR) is 82.6 cm³/mol. The van der Waals surface area contributed by atoms with Crippen molar-refractivity contribution in [1.29, 1.82) is 0 Å². The Morgan fingerprint density at radius 3 is 2.59 bits per heavy atom. The zero-order valence-corrected chi connectivity index (χ0v) is 12.6. The second kappa shape index (κ2) is 6.89. The van der Waals surface area contributed by atoms with E-state index >= 15 is 0 Å². The normalized spacial score (nSPS) is 15.9. The van der Waals surface area contributed by atoms with Crippen molar-refractivity contribution in [2.75, 3.05) is 18.6 Å². The average Bonchev–Trinajstić information content (AvgIpc) is 2.53. The molecule has 1 heterocycles. The minimum Gasteiger partial charge on any atom is -0.463 e. The number of carbonyl (C=O) groups excluding carboxylic acids is 2. The van der Waals surface area contributed by atoms with E-state index in [0.717, 1.165) is 5.56 Å². The third-order valence-electron chi connectivity index (χ3n) is 3.21. The van der Waals surface area contributed by atoms with Gasteiger partial charge in [-0.05, 0) is 25.5 Å². The Balaban J connectivity index is 2.42. The van der Waals surface area contributed by atoms with Gasteiger partial charge in [-0.1, -0.05) is 24.8 Å². The van der Waals surface area contributed by atoms with Gasteiger partial charge in [-0.25, -0.2) is 9.59 Å². The van der Waals surface area contributed by atoms with Crippen LogP contribution in [0.15, 0.2) is 41.5 Å². The predicted octanol–water partition coefficient (Wildman–Crippen LogP) is 2.23. The van der Waals surface area contributed by atoms with Crippen molar-refractivity contribution in [3.63, 3.8) is 0 Å². The van der Waals surface area contributed by atoms with E-state index < -0.39 is 17.9 Å². The van der Waals surface area contributed by atoms with Crippen LogP contribution in [0.25, 0.3) is 0 Å². The molecule has 0 saturated carbocycles. The van der Waals surface area contributed by atoms with Crippen molar-refractivity contribution in [2.45, 2.75) is 19.8 Å². The van der Waals surface area contributed by atoms with Crippen molar-refractivity contribution in [2.24, 2.45) is 5.10 Å². The number of hydrazone groups is 1. The maximum absolute atomic E-state index is 12.1. The molecule has 1 aromatic rings. The lowest BCUT2D eigenvalue weighted by atomic mass is 9.85. The molecule has 0 radical (unpaired) electrons.